The molecular weight excluding hydrogens is 208 g/mol. The molecule has 2 rings (SSSR count). The van der Waals surface area contributed by atoms with Crippen molar-refractivity contribution in [3.8, 4) is 5.75 Å². The van der Waals surface area contributed by atoms with Gasteiger partial charge in [0.2, 0.25) is 0 Å². The highest BCUT2D eigenvalue weighted by Crippen LogP contribution is 2.28. The maximum absolute atomic E-state index is 10.7. The fourth-order valence-corrected chi connectivity index (χ4v) is 2.14. The predicted molar refractivity (Wildman–Crippen MR) is 58.3 cm³/mol. The van der Waals surface area contributed by atoms with E-state index in [0.717, 1.165) is 17.5 Å². The van der Waals surface area contributed by atoms with Crippen LogP contribution in [0.25, 0.3) is 0 Å². The lowest BCUT2D eigenvalue weighted by Crippen LogP contribution is -2.56. The van der Waals surface area contributed by atoms with E-state index in [1.165, 1.54) is 0 Å². The summed E-state index contributed by atoms with van der Waals surface area (Å²) in [5.41, 5.74) is 1.04. The number of nitrogens with one attached hydrogen (secondary N) is 2. The van der Waals surface area contributed by atoms with E-state index in [1.54, 1.807) is 25.1 Å². The molecule has 0 aromatic heterocycles. The van der Waals surface area contributed by atoms with Crippen molar-refractivity contribution in [1.82, 2.24) is 10.6 Å². The number of hydrogen-bond donors (Lipinski definition) is 4. The maximum atomic E-state index is 10.7. The Balaban J connectivity index is 2.43. The van der Waals surface area contributed by atoms with Gasteiger partial charge in [0.1, 0.15) is 11.4 Å². The SMILES string of the molecule is CC1(NC(=O)O)NCCc2cc(O)ccc21. The molecule has 0 radical (unpaired) electrons. The van der Waals surface area contributed by atoms with Crippen LogP contribution < -0.4 is 10.6 Å². The first-order valence-corrected chi connectivity index (χ1v) is 5.10. The molecule has 5 heteroatoms. The van der Waals surface area contributed by atoms with Crippen LogP contribution >= 0.6 is 0 Å². The molecule has 1 aliphatic rings. The van der Waals surface area contributed by atoms with Crippen LogP contribution in [0.4, 0.5) is 4.79 Å². The van der Waals surface area contributed by atoms with E-state index in [2.05, 4.69) is 10.6 Å². The van der Waals surface area contributed by atoms with E-state index in [4.69, 9.17) is 5.11 Å². The average Bonchev–Trinajstić information content (AvgIpc) is 2.15. The van der Waals surface area contributed by atoms with Crippen LogP contribution in [0, 0.1) is 0 Å². The van der Waals surface area contributed by atoms with Gasteiger partial charge in [-0.2, -0.15) is 0 Å². The zero-order chi connectivity index (χ0) is 11.8. The Hall–Kier alpha value is -1.75. The molecular formula is C11H14N2O3. The highest BCUT2D eigenvalue weighted by molar-refractivity contribution is 5.66. The van der Waals surface area contributed by atoms with E-state index in [-0.39, 0.29) is 5.75 Å². The number of rotatable bonds is 1. The molecule has 1 atom stereocenters. The van der Waals surface area contributed by atoms with Crippen molar-refractivity contribution in [3.05, 3.63) is 29.3 Å². The van der Waals surface area contributed by atoms with Crippen LogP contribution in [0.15, 0.2) is 18.2 Å². The van der Waals surface area contributed by atoms with Crippen LogP contribution in [0.1, 0.15) is 18.1 Å². The zero-order valence-electron chi connectivity index (χ0n) is 8.95. The van der Waals surface area contributed by atoms with Crippen molar-refractivity contribution >= 4 is 6.09 Å². The predicted octanol–water partition coefficient (Wildman–Crippen LogP) is 0.978. The first-order chi connectivity index (χ1) is 7.51. The van der Waals surface area contributed by atoms with Gasteiger partial charge in [0.05, 0.1) is 0 Å². The standard InChI is InChI=1S/C11H14N2O3/c1-11(13-10(15)16)9-3-2-8(14)6-7(9)4-5-12-11/h2-3,6,12-14H,4-5H2,1H3,(H,15,16). The van der Waals surface area contributed by atoms with Crippen molar-refractivity contribution in [2.45, 2.75) is 19.0 Å². The van der Waals surface area contributed by atoms with Crippen LogP contribution in [-0.4, -0.2) is 22.9 Å². The third-order valence-electron chi connectivity index (χ3n) is 2.86. The minimum atomic E-state index is -1.07. The molecule has 1 amide bonds. The fraction of sp³-hybridized carbons (Fsp3) is 0.364. The second kappa shape index (κ2) is 3.68. The molecule has 0 fully saturated rings. The summed E-state index contributed by atoms with van der Waals surface area (Å²) in [6.45, 7) is 2.45. The first kappa shape index (κ1) is 10.8. The molecule has 1 aromatic carbocycles. The summed E-state index contributed by atoms with van der Waals surface area (Å²) in [5.74, 6) is 0.207. The molecule has 4 N–H and O–H groups in total. The van der Waals surface area contributed by atoms with Gasteiger partial charge >= 0.3 is 6.09 Å². The molecule has 1 aromatic rings. The Morgan fingerprint density at radius 3 is 3.00 bits per heavy atom. The summed E-state index contributed by atoms with van der Waals surface area (Å²) in [6, 6.07) is 4.98. The van der Waals surface area contributed by atoms with E-state index >= 15 is 0 Å². The third kappa shape index (κ3) is 1.81. The van der Waals surface area contributed by atoms with Crippen LogP contribution in [0.3, 0.4) is 0 Å². The molecule has 1 unspecified atom stereocenters. The Kier molecular flexibility index (Phi) is 2.47. The number of benzene rings is 1. The number of carbonyl (C=O) groups is 1. The Bertz CT molecular complexity index is 433. The van der Waals surface area contributed by atoms with Crippen LogP contribution in [0.2, 0.25) is 0 Å². The molecule has 0 saturated carbocycles. The van der Waals surface area contributed by atoms with Crippen molar-refractivity contribution in [2.24, 2.45) is 0 Å². The van der Waals surface area contributed by atoms with Gasteiger partial charge in [-0.05, 0) is 36.6 Å². The number of carboxylic acid groups (broad SMARTS) is 1. The molecule has 0 spiro atoms. The van der Waals surface area contributed by atoms with Gasteiger partial charge in [-0.1, -0.05) is 6.07 Å². The molecule has 16 heavy (non-hydrogen) atoms. The van der Waals surface area contributed by atoms with Gasteiger partial charge in [-0.15, -0.1) is 0 Å². The summed E-state index contributed by atoms with van der Waals surface area (Å²) in [6.07, 6.45) is -0.295. The van der Waals surface area contributed by atoms with Crippen LogP contribution in [0.5, 0.6) is 5.75 Å². The Morgan fingerprint density at radius 2 is 2.31 bits per heavy atom. The van der Waals surface area contributed by atoms with Gasteiger partial charge < -0.3 is 10.2 Å². The zero-order valence-corrected chi connectivity index (χ0v) is 8.95. The highest BCUT2D eigenvalue weighted by atomic mass is 16.4. The van der Waals surface area contributed by atoms with Crippen molar-refractivity contribution in [1.29, 1.82) is 0 Å². The summed E-state index contributed by atoms with van der Waals surface area (Å²) in [4.78, 5) is 10.7. The molecule has 0 aliphatic carbocycles. The highest BCUT2D eigenvalue weighted by Gasteiger charge is 2.33. The van der Waals surface area contributed by atoms with Crippen molar-refractivity contribution in [3.63, 3.8) is 0 Å². The molecule has 5 nitrogen and oxygen atoms in total. The molecule has 0 bridgehead atoms. The molecule has 1 aliphatic heterocycles. The number of phenolic OH excluding ortho intramolecular Hbond substituents is 1. The van der Waals surface area contributed by atoms with Gasteiger partial charge in [-0.25, -0.2) is 4.79 Å². The van der Waals surface area contributed by atoms with E-state index in [1.807, 2.05) is 0 Å². The second-order valence-electron chi connectivity index (χ2n) is 4.07. The van der Waals surface area contributed by atoms with Crippen molar-refractivity contribution in [2.75, 3.05) is 6.54 Å². The van der Waals surface area contributed by atoms with E-state index in [0.29, 0.717) is 6.54 Å². The maximum Gasteiger partial charge on any atom is 0.406 e. The Morgan fingerprint density at radius 1 is 1.56 bits per heavy atom. The molecule has 86 valence electrons. The monoisotopic (exact) mass is 222 g/mol. The quantitative estimate of drug-likeness (QED) is 0.571. The molecule has 1 heterocycles. The number of phenols is 1. The summed E-state index contributed by atoms with van der Waals surface area (Å²) >= 11 is 0. The average molecular weight is 222 g/mol. The van der Waals surface area contributed by atoms with Gasteiger partial charge in [-0.3, -0.25) is 10.6 Å². The fourth-order valence-electron chi connectivity index (χ4n) is 2.14. The van der Waals surface area contributed by atoms with Crippen molar-refractivity contribution < 1.29 is 15.0 Å². The number of fused-ring (bicyclic) bond motifs is 1. The summed E-state index contributed by atoms with van der Waals surface area (Å²) < 4.78 is 0. The minimum absolute atomic E-state index is 0.207. The smallest absolute Gasteiger partial charge is 0.406 e. The van der Waals surface area contributed by atoms with E-state index in [9.17, 15) is 9.90 Å². The lowest BCUT2D eigenvalue weighted by Gasteiger charge is -2.36. The summed E-state index contributed by atoms with van der Waals surface area (Å²) in [5, 5.41) is 23.8. The lowest BCUT2D eigenvalue weighted by molar-refractivity contribution is 0.169. The normalized spacial score (nSPS) is 23.6. The Labute approximate surface area is 93.1 Å². The molecule has 0 saturated heterocycles. The number of amides is 1. The largest absolute Gasteiger partial charge is 0.508 e. The lowest BCUT2D eigenvalue weighted by atomic mass is 9.90. The topological polar surface area (TPSA) is 81.6 Å². The third-order valence-corrected chi connectivity index (χ3v) is 2.86. The second-order valence-corrected chi connectivity index (χ2v) is 4.07. The van der Waals surface area contributed by atoms with E-state index < -0.39 is 11.8 Å². The first-order valence-electron chi connectivity index (χ1n) is 5.10. The van der Waals surface area contributed by atoms with Gasteiger partial charge in [0.15, 0.2) is 0 Å². The van der Waals surface area contributed by atoms with Gasteiger partial charge in [0, 0.05) is 6.54 Å². The minimum Gasteiger partial charge on any atom is -0.508 e. The van der Waals surface area contributed by atoms with Crippen LogP contribution in [-0.2, 0) is 12.1 Å². The number of hydrogen-bond acceptors (Lipinski definition) is 3. The van der Waals surface area contributed by atoms with Gasteiger partial charge in [0.25, 0.3) is 0 Å². The summed E-state index contributed by atoms with van der Waals surface area (Å²) in [7, 11) is 0. The number of aromatic hydroxyl groups is 1.